The molecule has 1 heterocycles. The summed E-state index contributed by atoms with van der Waals surface area (Å²) in [6.07, 6.45) is -4.59. The lowest BCUT2D eigenvalue weighted by molar-refractivity contribution is -0.187. The molecule has 1 aliphatic heterocycles. The minimum Gasteiger partial charge on any atom is -0.496 e. The molecule has 0 radical (unpaired) electrons. The molecule has 1 amide bonds. The molecule has 1 atom stereocenters. The standard InChI is InChI=1S/C17H14F3NO3/c1-16(12-8-4-6-10-14(12)23-2)15(22)21(24-16)13-9-5-3-7-11(13)17(18,19)20/h3-10H,1-2H3/t16-/m0/s1. The van der Waals surface area contributed by atoms with Crippen LogP contribution in [0.25, 0.3) is 0 Å². The SMILES string of the molecule is COc1ccccc1[C@]1(C)ON(c2ccccc2C(F)(F)F)C1=O. The smallest absolute Gasteiger partial charge is 0.418 e. The lowest BCUT2D eigenvalue weighted by atomic mass is 9.91. The molecule has 7 heteroatoms. The van der Waals surface area contributed by atoms with E-state index in [-0.39, 0.29) is 5.69 Å². The molecule has 1 saturated heterocycles. The van der Waals surface area contributed by atoms with Gasteiger partial charge in [-0.1, -0.05) is 30.3 Å². The fourth-order valence-electron chi connectivity index (χ4n) is 2.67. The molecule has 0 spiro atoms. The van der Waals surface area contributed by atoms with Gasteiger partial charge in [-0.2, -0.15) is 18.2 Å². The highest BCUT2D eigenvalue weighted by Crippen LogP contribution is 2.46. The normalized spacial score (nSPS) is 20.7. The van der Waals surface area contributed by atoms with Gasteiger partial charge in [-0.05, 0) is 25.1 Å². The average molecular weight is 337 g/mol. The van der Waals surface area contributed by atoms with Gasteiger partial charge in [0.05, 0.1) is 18.4 Å². The molecule has 1 fully saturated rings. The Balaban J connectivity index is 1.97. The maximum absolute atomic E-state index is 13.1. The Bertz CT molecular complexity index is 791. The van der Waals surface area contributed by atoms with Crippen LogP contribution in [-0.4, -0.2) is 13.0 Å². The summed E-state index contributed by atoms with van der Waals surface area (Å²) in [6, 6.07) is 11.5. The molecule has 0 unspecified atom stereocenters. The van der Waals surface area contributed by atoms with Crippen LogP contribution in [0.15, 0.2) is 48.5 Å². The molecule has 2 aromatic carbocycles. The monoisotopic (exact) mass is 337 g/mol. The van der Waals surface area contributed by atoms with Gasteiger partial charge in [-0.25, -0.2) is 4.84 Å². The number of halogens is 3. The number of hydroxylamine groups is 1. The van der Waals surface area contributed by atoms with Crippen LogP contribution in [0.4, 0.5) is 18.9 Å². The van der Waals surface area contributed by atoms with Gasteiger partial charge in [-0.15, -0.1) is 0 Å². The van der Waals surface area contributed by atoms with E-state index in [1.54, 1.807) is 24.3 Å². The van der Waals surface area contributed by atoms with Crippen LogP contribution in [-0.2, 0) is 21.4 Å². The molecule has 0 aliphatic carbocycles. The molecule has 126 valence electrons. The van der Waals surface area contributed by atoms with E-state index in [4.69, 9.17) is 9.57 Å². The summed E-state index contributed by atoms with van der Waals surface area (Å²) in [4.78, 5) is 18.1. The fourth-order valence-corrected chi connectivity index (χ4v) is 2.67. The molecule has 24 heavy (non-hydrogen) atoms. The molecule has 2 aromatic rings. The van der Waals surface area contributed by atoms with Crippen LogP contribution < -0.4 is 9.80 Å². The van der Waals surface area contributed by atoms with Gasteiger partial charge in [0.25, 0.3) is 5.91 Å². The third kappa shape index (κ3) is 2.41. The van der Waals surface area contributed by atoms with Crippen molar-refractivity contribution in [2.75, 3.05) is 12.2 Å². The van der Waals surface area contributed by atoms with Gasteiger partial charge in [0, 0.05) is 5.56 Å². The van der Waals surface area contributed by atoms with E-state index < -0.39 is 23.2 Å². The first kappa shape index (κ1) is 16.3. The number of ether oxygens (including phenoxy) is 1. The molecule has 0 N–H and O–H groups in total. The summed E-state index contributed by atoms with van der Waals surface area (Å²) < 4.78 is 44.6. The van der Waals surface area contributed by atoms with Crippen molar-refractivity contribution in [1.29, 1.82) is 0 Å². The van der Waals surface area contributed by atoms with Crippen molar-refractivity contribution in [3.8, 4) is 5.75 Å². The highest BCUT2D eigenvalue weighted by Gasteiger charge is 2.55. The lowest BCUT2D eigenvalue weighted by Gasteiger charge is -2.46. The quantitative estimate of drug-likeness (QED) is 0.852. The number of amides is 1. The molecule has 1 aliphatic rings. The van der Waals surface area contributed by atoms with E-state index in [0.29, 0.717) is 16.4 Å². The van der Waals surface area contributed by atoms with Gasteiger partial charge in [0.2, 0.25) is 5.60 Å². The largest absolute Gasteiger partial charge is 0.496 e. The molecule has 0 bridgehead atoms. The number of carbonyl (C=O) groups is 1. The van der Waals surface area contributed by atoms with Crippen LogP contribution in [0, 0.1) is 0 Å². The Hall–Kier alpha value is -2.54. The average Bonchev–Trinajstić information content (AvgIpc) is 2.58. The summed E-state index contributed by atoms with van der Waals surface area (Å²) in [5.41, 5.74) is -2.20. The first-order valence-electron chi connectivity index (χ1n) is 7.12. The lowest BCUT2D eigenvalue weighted by Crippen LogP contribution is -2.61. The second-order valence-corrected chi connectivity index (χ2v) is 5.44. The van der Waals surface area contributed by atoms with E-state index in [0.717, 1.165) is 6.07 Å². The van der Waals surface area contributed by atoms with Crippen molar-refractivity contribution in [3.05, 3.63) is 59.7 Å². The van der Waals surface area contributed by atoms with Gasteiger partial charge < -0.3 is 4.74 Å². The minimum absolute atomic E-state index is 0.331. The van der Waals surface area contributed by atoms with E-state index in [1.165, 1.54) is 32.2 Å². The van der Waals surface area contributed by atoms with Gasteiger partial charge in [-0.3, -0.25) is 4.79 Å². The van der Waals surface area contributed by atoms with Crippen LogP contribution in [0.3, 0.4) is 0 Å². The number of benzene rings is 2. The van der Waals surface area contributed by atoms with Crippen molar-refractivity contribution in [3.63, 3.8) is 0 Å². The first-order chi connectivity index (χ1) is 11.3. The second-order valence-electron chi connectivity index (χ2n) is 5.44. The third-order valence-corrected chi connectivity index (χ3v) is 3.92. The summed E-state index contributed by atoms with van der Waals surface area (Å²) >= 11 is 0. The van der Waals surface area contributed by atoms with Gasteiger partial charge in [0.1, 0.15) is 5.75 Å². The first-order valence-corrected chi connectivity index (χ1v) is 7.12. The van der Waals surface area contributed by atoms with Crippen LogP contribution >= 0.6 is 0 Å². The van der Waals surface area contributed by atoms with Crippen LogP contribution in [0.5, 0.6) is 5.75 Å². The maximum atomic E-state index is 13.1. The molecule has 0 saturated carbocycles. The van der Waals surface area contributed by atoms with E-state index in [1.807, 2.05) is 0 Å². The van der Waals surface area contributed by atoms with Crippen molar-refractivity contribution in [1.82, 2.24) is 0 Å². The Labute approximate surface area is 136 Å². The minimum atomic E-state index is -4.59. The number of para-hydroxylation sites is 2. The van der Waals surface area contributed by atoms with Crippen molar-refractivity contribution < 1.29 is 27.5 Å². The van der Waals surface area contributed by atoms with Crippen LogP contribution in [0.2, 0.25) is 0 Å². The van der Waals surface area contributed by atoms with Crippen molar-refractivity contribution in [2.45, 2.75) is 18.7 Å². The highest BCUT2D eigenvalue weighted by molar-refractivity contribution is 6.03. The Morgan fingerprint density at radius 3 is 2.33 bits per heavy atom. The molecular weight excluding hydrogens is 323 g/mol. The topological polar surface area (TPSA) is 38.8 Å². The summed E-state index contributed by atoms with van der Waals surface area (Å²) in [5, 5.41) is 0.676. The van der Waals surface area contributed by atoms with E-state index >= 15 is 0 Å². The van der Waals surface area contributed by atoms with E-state index in [2.05, 4.69) is 0 Å². The maximum Gasteiger partial charge on any atom is 0.418 e. The second kappa shape index (κ2) is 5.52. The number of anilines is 1. The predicted molar refractivity (Wildman–Crippen MR) is 80.4 cm³/mol. The zero-order valence-corrected chi connectivity index (χ0v) is 12.9. The van der Waals surface area contributed by atoms with Crippen molar-refractivity contribution in [2.24, 2.45) is 0 Å². The zero-order valence-electron chi connectivity index (χ0n) is 12.9. The number of hydrogen-bond acceptors (Lipinski definition) is 3. The number of carbonyl (C=O) groups excluding carboxylic acids is 1. The number of hydrogen-bond donors (Lipinski definition) is 0. The summed E-state index contributed by atoms with van der Waals surface area (Å²) in [7, 11) is 1.45. The zero-order chi connectivity index (χ0) is 17.5. The predicted octanol–water partition coefficient (Wildman–Crippen LogP) is 3.91. The molecular formula is C17H14F3NO3. The number of methoxy groups -OCH3 is 1. The Kier molecular flexibility index (Phi) is 3.76. The molecule has 4 nitrogen and oxygen atoms in total. The van der Waals surface area contributed by atoms with Crippen molar-refractivity contribution >= 4 is 11.6 Å². The Morgan fingerprint density at radius 1 is 1.08 bits per heavy atom. The van der Waals surface area contributed by atoms with Gasteiger partial charge >= 0.3 is 6.18 Å². The number of nitrogens with zero attached hydrogens (tertiary/aromatic N) is 1. The van der Waals surface area contributed by atoms with E-state index in [9.17, 15) is 18.0 Å². The summed E-state index contributed by atoms with van der Waals surface area (Å²) in [5.74, 6) is -0.166. The fraction of sp³-hybridized carbons (Fsp3) is 0.235. The van der Waals surface area contributed by atoms with Crippen LogP contribution in [0.1, 0.15) is 18.1 Å². The number of alkyl halides is 3. The molecule has 0 aromatic heterocycles. The summed E-state index contributed by atoms with van der Waals surface area (Å²) in [6.45, 7) is 1.50. The number of rotatable bonds is 3. The van der Waals surface area contributed by atoms with Gasteiger partial charge in [0.15, 0.2) is 0 Å². The highest BCUT2D eigenvalue weighted by atomic mass is 19.4. The molecule has 3 rings (SSSR count). The Morgan fingerprint density at radius 2 is 1.71 bits per heavy atom. The third-order valence-electron chi connectivity index (χ3n) is 3.92.